The van der Waals surface area contributed by atoms with Gasteiger partial charge in [0.15, 0.2) is 0 Å². The fraction of sp³-hybridized carbons (Fsp3) is 0.318. The Morgan fingerprint density at radius 1 is 1.07 bits per heavy atom. The van der Waals surface area contributed by atoms with E-state index in [2.05, 4.69) is 5.32 Å². The summed E-state index contributed by atoms with van der Waals surface area (Å²) in [5, 5.41) is 3.21. The standard InChI is InChI=1S/C22H25N3O4/c1-3-18(20(26)23-13-14-29-2)25-19-12-8-7-11-17(19)21(27)24(22(25)28)15-16-9-5-4-6-10-16/h4-12,18H,3,13-15H2,1-2H3,(H,23,26)/t18-/m1/s1. The number of hydrogen-bond donors (Lipinski definition) is 1. The molecule has 0 saturated carbocycles. The van der Waals surface area contributed by atoms with Gasteiger partial charge in [0.25, 0.3) is 5.56 Å². The molecule has 0 aliphatic carbocycles. The Labute approximate surface area is 168 Å². The second-order valence-electron chi connectivity index (χ2n) is 6.75. The summed E-state index contributed by atoms with van der Waals surface area (Å²) < 4.78 is 7.61. The smallest absolute Gasteiger partial charge is 0.332 e. The van der Waals surface area contributed by atoms with Gasteiger partial charge in [0.2, 0.25) is 5.91 Å². The lowest BCUT2D eigenvalue weighted by molar-refractivity contribution is -0.124. The van der Waals surface area contributed by atoms with Crippen molar-refractivity contribution >= 4 is 16.8 Å². The Morgan fingerprint density at radius 2 is 1.76 bits per heavy atom. The van der Waals surface area contributed by atoms with E-state index in [4.69, 9.17) is 4.74 Å². The van der Waals surface area contributed by atoms with Crippen molar-refractivity contribution < 1.29 is 9.53 Å². The van der Waals surface area contributed by atoms with Crippen LogP contribution in [0, 0.1) is 0 Å². The number of amides is 1. The van der Waals surface area contributed by atoms with Crippen LogP contribution in [0.1, 0.15) is 24.9 Å². The molecule has 7 heteroatoms. The summed E-state index contributed by atoms with van der Waals surface area (Å²) in [5.41, 5.74) is 0.443. The summed E-state index contributed by atoms with van der Waals surface area (Å²) in [6.45, 7) is 2.72. The number of methoxy groups -OCH3 is 1. The van der Waals surface area contributed by atoms with Crippen LogP contribution in [0.4, 0.5) is 0 Å². The molecule has 1 atom stereocenters. The van der Waals surface area contributed by atoms with Gasteiger partial charge in [-0.15, -0.1) is 0 Å². The highest BCUT2D eigenvalue weighted by atomic mass is 16.5. The molecular formula is C22H25N3O4. The van der Waals surface area contributed by atoms with Crippen molar-refractivity contribution in [1.82, 2.24) is 14.5 Å². The van der Waals surface area contributed by atoms with Gasteiger partial charge in [0.1, 0.15) is 6.04 Å². The number of hydrogen-bond acceptors (Lipinski definition) is 4. The van der Waals surface area contributed by atoms with Gasteiger partial charge in [0, 0.05) is 13.7 Å². The number of rotatable bonds is 8. The monoisotopic (exact) mass is 395 g/mol. The number of aromatic nitrogens is 2. The Balaban J connectivity index is 2.16. The fourth-order valence-corrected chi connectivity index (χ4v) is 3.42. The van der Waals surface area contributed by atoms with Gasteiger partial charge in [-0.2, -0.15) is 0 Å². The molecule has 3 rings (SSSR count). The van der Waals surface area contributed by atoms with Crippen LogP contribution in [0.25, 0.3) is 10.9 Å². The summed E-state index contributed by atoms with van der Waals surface area (Å²) in [6, 6.07) is 15.5. The van der Waals surface area contributed by atoms with E-state index >= 15 is 0 Å². The zero-order chi connectivity index (χ0) is 20.8. The number of fused-ring (bicyclic) bond motifs is 1. The van der Waals surface area contributed by atoms with Crippen LogP contribution < -0.4 is 16.6 Å². The largest absolute Gasteiger partial charge is 0.383 e. The summed E-state index contributed by atoms with van der Waals surface area (Å²) in [7, 11) is 1.56. The van der Waals surface area contributed by atoms with Gasteiger partial charge in [0.05, 0.1) is 24.1 Å². The first-order valence-corrected chi connectivity index (χ1v) is 9.63. The van der Waals surface area contributed by atoms with E-state index in [0.717, 1.165) is 5.56 Å². The lowest BCUT2D eigenvalue weighted by Gasteiger charge is -2.21. The maximum absolute atomic E-state index is 13.4. The zero-order valence-corrected chi connectivity index (χ0v) is 16.6. The van der Waals surface area contributed by atoms with E-state index in [1.54, 1.807) is 31.4 Å². The van der Waals surface area contributed by atoms with Crippen molar-refractivity contribution in [2.24, 2.45) is 0 Å². The van der Waals surface area contributed by atoms with Crippen molar-refractivity contribution in [3.8, 4) is 0 Å². The van der Waals surface area contributed by atoms with Gasteiger partial charge in [-0.25, -0.2) is 4.79 Å². The lowest BCUT2D eigenvalue weighted by atomic mass is 10.1. The molecule has 1 aromatic heterocycles. The van der Waals surface area contributed by atoms with Crippen LogP contribution in [0.5, 0.6) is 0 Å². The molecule has 0 radical (unpaired) electrons. The third kappa shape index (κ3) is 4.30. The second kappa shape index (κ2) is 9.34. The Hall–Kier alpha value is -3.19. The minimum Gasteiger partial charge on any atom is -0.383 e. The van der Waals surface area contributed by atoms with E-state index in [1.807, 2.05) is 37.3 Å². The number of benzene rings is 2. The van der Waals surface area contributed by atoms with Crippen LogP contribution in [-0.4, -0.2) is 35.3 Å². The average Bonchev–Trinajstić information content (AvgIpc) is 2.75. The van der Waals surface area contributed by atoms with Crippen LogP contribution in [0.15, 0.2) is 64.2 Å². The van der Waals surface area contributed by atoms with E-state index in [1.165, 1.54) is 9.13 Å². The molecular weight excluding hydrogens is 370 g/mol. The van der Waals surface area contributed by atoms with E-state index in [9.17, 15) is 14.4 Å². The quantitative estimate of drug-likeness (QED) is 0.591. The predicted octanol–water partition coefficient (Wildman–Crippen LogP) is 1.93. The van der Waals surface area contributed by atoms with Crippen LogP contribution in [-0.2, 0) is 16.1 Å². The highest BCUT2D eigenvalue weighted by molar-refractivity contribution is 5.84. The third-order valence-electron chi connectivity index (χ3n) is 4.87. The van der Waals surface area contributed by atoms with Crippen molar-refractivity contribution in [2.75, 3.05) is 20.3 Å². The fourth-order valence-electron chi connectivity index (χ4n) is 3.42. The minimum atomic E-state index is -0.730. The van der Waals surface area contributed by atoms with E-state index in [-0.39, 0.29) is 18.0 Å². The van der Waals surface area contributed by atoms with Crippen molar-refractivity contribution in [3.63, 3.8) is 0 Å². The Kier molecular flexibility index (Phi) is 6.61. The number of nitrogens with zero attached hydrogens (tertiary/aromatic N) is 2. The van der Waals surface area contributed by atoms with Crippen molar-refractivity contribution in [1.29, 1.82) is 0 Å². The van der Waals surface area contributed by atoms with E-state index in [0.29, 0.717) is 30.5 Å². The first-order chi connectivity index (χ1) is 14.1. The zero-order valence-electron chi connectivity index (χ0n) is 16.6. The Morgan fingerprint density at radius 3 is 2.45 bits per heavy atom. The summed E-state index contributed by atoms with van der Waals surface area (Å²) >= 11 is 0. The molecule has 0 spiro atoms. The van der Waals surface area contributed by atoms with Gasteiger partial charge < -0.3 is 10.1 Å². The number of carbonyl (C=O) groups is 1. The molecule has 3 aromatic rings. The third-order valence-corrected chi connectivity index (χ3v) is 4.87. The topological polar surface area (TPSA) is 82.3 Å². The first kappa shape index (κ1) is 20.5. The number of nitrogens with one attached hydrogen (secondary N) is 1. The van der Waals surface area contributed by atoms with Gasteiger partial charge in [-0.3, -0.25) is 18.7 Å². The normalized spacial score (nSPS) is 12.1. The number of carbonyl (C=O) groups excluding carboxylic acids is 1. The molecule has 1 N–H and O–H groups in total. The van der Waals surface area contributed by atoms with Gasteiger partial charge in [-0.05, 0) is 24.1 Å². The molecule has 0 aliphatic rings. The molecule has 0 fully saturated rings. The maximum Gasteiger partial charge on any atom is 0.332 e. The molecule has 29 heavy (non-hydrogen) atoms. The summed E-state index contributed by atoms with van der Waals surface area (Å²) in [6.07, 6.45) is 0.409. The van der Waals surface area contributed by atoms with Crippen molar-refractivity contribution in [2.45, 2.75) is 25.9 Å². The highest BCUT2D eigenvalue weighted by Crippen LogP contribution is 2.16. The summed E-state index contributed by atoms with van der Waals surface area (Å²) in [5.74, 6) is -0.276. The first-order valence-electron chi connectivity index (χ1n) is 9.63. The molecule has 0 aliphatic heterocycles. The van der Waals surface area contributed by atoms with Gasteiger partial charge >= 0.3 is 5.69 Å². The SMILES string of the molecule is CC[C@H](C(=O)NCCOC)n1c(=O)n(Cc2ccccc2)c(=O)c2ccccc21. The molecule has 0 saturated heterocycles. The second-order valence-corrected chi connectivity index (χ2v) is 6.75. The summed E-state index contributed by atoms with van der Waals surface area (Å²) in [4.78, 5) is 39.2. The predicted molar refractivity (Wildman–Crippen MR) is 112 cm³/mol. The molecule has 0 unspecified atom stereocenters. The molecule has 7 nitrogen and oxygen atoms in total. The maximum atomic E-state index is 13.4. The Bertz CT molecular complexity index is 1100. The van der Waals surface area contributed by atoms with Crippen LogP contribution >= 0.6 is 0 Å². The average molecular weight is 395 g/mol. The van der Waals surface area contributed by atoms with Gasteiger partial charge in [-0.1, -0.05) is 49.4 Å². The lowest BCUT2D eigenvalue weighted by Crippen LogP contribution is -2.45. The van der Waals surface area contributed by atoms with Crippen LogP contribution in [0.3, 0.4) is 0 Å². The molecule has 152 valence electrons. The number of para-hydroxylation sites is 1. The number of ether oxygens (including phenoxy) is 1. The van der Waals surface area contributed by atoms with E-state index < -0.39 is 11.7 Å². The molecule has 0 bridgehead atoms. The molecule has 1 amide bonds. The molecule has 1 heterocycles. The minimum absolute atomic E-state index is 0.144. The highest BCUT2D eigenvalue weighted by Gasteiger charge is 2.24. The van der Waals surface area contributed by atoms with Crippen molar-refractivity contribution in [3.05, 3.63) is 81.0 Å². The van der Waals surface area contributed by atoms with Crippen LogP contribution in [0.2, 0.25) is 0 Å². The molecule has 2 aromatic carbocycles.